The largest absolute Gasteiger partial charge is 0.395 e. The van der Waals surface area contributed by atoms with Crippen molar-refractivity contribution in [2.24, 2.45) is 0 Å². The number of alkyl halides is 2. The molecular weight excluding hydrogens is 254 g/mol. The molecule has 0 radical (unpaired) electrons. The summed E-state index contributed by atoms with van der Waals surface area (Å²) in [5, 5.41) is 11.1. The SMILES string of the molecule is O=S(=O)(C1CCNCC1)N(CCO)CC(F)F. The summed E-state index contributed by atoms with van der Waals surface area (Å²) >= 11 is 0. The first-order chi connectivity index (χ1) is 7.98. The molecule has 5 nitrogen and oxygen atoms in total. The van der Waals surface area contributed by atoms with Crippen LogP contribution in [0, 0.1) is 0 Å². The summed E-state index contributed by atoms with van der Waals surface area (Å²) in [6.45, 7) is -0.405. The van der Waals surface area contributed by atoms with E-state index in [1.165, 1.54) is 0 Å². The summed E-state index contributed by atoms with van der Waals surface area (Å²) in [6, 6.07) is 0. The van der Waals surface area contributed by atoms with E-state index in [1.54, 1.807) is 0 Å². The van der Waals surface area contributed by atoms with E-state index in [2.05, 4.69) is 5.32 Å². The highest BCUT2D eigenvalue weighted by molar-refractivity contribution is 7.89. The van der Waals surface area contributed by atoms with E-state index in [0.717, 1.165) is 0 Å². The molecule has 0 unspecified atom stereocenters. The van der Waals surface area contributed by atoms with E-state index in [0.29, 0.717) is 30.2 Å². The molecule has 0 aromatic heterocycles. The molecule has 1 aliphatic rings. The van der Waals surface area contributed by atoms with Crippen molar-refractivity contribution in [3.8, 4) is 0 Å². The van der Waals surface area contributed by atoms with Gasteiger partial charge in [-0.3, -0.25) is 0 Å². The number of nitrogens with one attached hydrogen (secondary N) is 1. The lowest BCUT2D eigenvalue weighted by Gasteiger charge is -2.29. The molecule has 1 aliphatic heterocycles. The number of nitrogens with zero attached hydrogens (tertiary/aromatic N) is 1. The van der Waals surface area contributed by atoms with Gasteiger partial charge in [-0.15, -0.1) is 0 Å². The Kier molecular flexibility index (Phi) is 5.71. The van der Waals surface area contributed by atoms with Crippen molar-refractivity contribution < 1.29 is 22.3 Å². The number of hydrogen-bond acceptors (Lipinski definition) is 4. The molecule has 1 rings (SSSR count). The normalized spacial score (nSPS) is 19.1. The van der Waals surface area contributed by atoms with Crippen LogP contribution in [0.2, 0.25) is 0 Å². The highest BCUT2D eigenvalue weighted by Crippen LogP contribution is 2.18. The Balaban J connectivity index is 2.74. The van der Waals surface area contributed by atoms with Crippen LogP contribution >= 0.6 is 0 Å². The first kappa shape index (κ1) is 14.7. The number of piperidine rings is 1. The third-order valence-corrected chi connectivity index (χ3v) is 5.12. The van der Waals surface area contributed by atoms with Crippen LogP contribution in [-0.2, 0) is 10.0 Å². The third kappa shape index (κ3) is 4.13. The monoisotopic (exact) mass is 272 g/mol. The predicted octanol–water partition coefficient (Wildman–Crippen LogP) is -0.372. The minimum absolute atomic E-state index is 0.267. The second kappa shape index (κ2) is 6.58. The molecule has 0 aromatic rings. The van der Waals surface area contributed by atoms with Crippen molar-refractivity contribution in [1.29, 1.82) is 0 Å². The smallest absolute Gasteiger partial charge is 0.252 e. The van der Waals surface area contributed by atoms with Gasteiger partial charge >= 0.3 is 0 Å². The lowest BCUT2D eigenvalue weighted by molar-refractivity contribution is 0.112. The summed E-state index contributed by atoms with van der Waals surface area (Å²) < 4.78 is 49.4. The van der Waals surface area contributed by atoms with Crippen molar-refractivity contribution in [2.75, 3.05) is 32.8 Å². The summed E-state index contributed by atoms with van der Waals surface area (Å²) in [5.74, 6) is 0. The molecule has 8 heteroatoms. The molecule has 17 heavy (non-hydrogen) atoms. The number of rotatable bonds is 6. The van der Waals surface area contributed by atoms with E-state index < -0.39 is 34.9 Å². The lowest BCUT2D eigenvalue weighted by atomic mass is 10.2. The van der Waals surface area contributed by atoms with E-state index in [1.807, 2.05) is 0 Å². The van der Waals surface area contributed by atoms with Crippen LogP contribution in [0.25, 0.3) is 0 Å². The molecule has 0 aromatic carbocycles. The van der Waals surface area contributed by atoms with Gasteiger partial charge in [-0.25, -0.2) is 17.2 Å². The number of halogens is 2. The zero-order valence-corrected chi connectivity index (χ0v) is 10.3. The second-order valence-corrected chi connectivity index (χ2v) is 6.18. The fraction of sp³-hybridized carbons (Fsp3) is 1.00. The molecule has 102 valence electrons. The van der Waals surface area contributed by atoms with Gasteiger partial charge < -0.3 is 10.4 Å². The van der Waals surface area contributed by atoms with Crippen molar-refractivity contribution in [1.82, 2.24) is 9.62 Å². The maximum absolute atomic E-state index is 12.3. The van der Waals surface area contributed by atoms with Crippen LogP contribution in [-0.4, -0.2) is 62.3 Å². The average Bonchev–Trinajstić information content (AvgIpc) is 2.29. The second-order valence-electron chi connectivity index (χ2n) is 3.97. The number of aliphatic hydroxyl groups is 1. The molecule has 0 aliphatic carbocycles. The third-order valence-electron chi connectivity index (χ3n) is 2.76. The standard InChI is InChI=1S/C9H18F2N2O3S/c10-9(11)7-13(5-6-14)17(15,16)8-1-3-12-4-2-8/h8-9,12,14H,1-7H2. The van der Waals surface area contributed by atoms with E-state index >= 15 is 0 Å². The molecule has 1 fully saturated rings. The van der Waals surface area contributed by atoms with Crippen molar-refractivity contribution >= 4 is 10.0 Å². The molecular formula is C9H18F2N2O3S. The minimum Gasteiger partial charge on any atom is -0.395 e. The number of hydrogen-bond donors (Lipinski definition) is 2. The summed E-state index contributed by atoms with van der Waals surface area (Å²) in [4.78, 5) is 0. The first-order valence-electron chi connectivity index (χ1n) is 5.57. The topological polar surface area (TPSA) is 69.6 Å². The molecule has 0 saturated carbocycles. The quantitative estimate of drug-likeness (QED) is 0.692. The maximum Gasteiger partial charge on any atom is 0.252 e. The van der Waals surface area contributed by atoms with Gasteiger partial charge in [0.2, 0.25) is 10.0 Å². The highest BCUT2D eigenvalue weighted by Gasteiger charge is 2.33. The zero-order chi connectivity index (χ0) is 12.9. The molecule has 0 spiro atoms. The van der Waals surface area contributed by atoms with Gasteiger partial charge in [0.05, 0.1) is 18.4 Å². The zero-order valence-electron chi connectivity index (χ0n) is 9.48. The Hall–Kier alpha value is -0.310. The highest BCUT2D eigenvalue weighted by atomic mass is 32.2. The summed E-state index contributed by atoms with van der Waals surface area (Å²) in [7, 11) is -3.73. The fourth-order valence-corrected chi connectivity index (χ4v) is 3.80. The summed E-state index contributed by atoms with van der Waals surface area (Å²) in [5.41, 5.74) is 0. The summed E-state index contributed by atoms with van der Waals surface area (Å²) in [6.07, 6.45) is -1.88. The van der Waals surface area contributed by atoms with Crippen molar-refractivity contribution in [3.63, 3.8) is 0 Å². The lowest BCUT2D eigenvalue weighted by Crippen LogP contribution is -2.46. The fourth-order valence-electron chi connectivity index (χ4n) is 1.89. The number of aliphatic hydroxyl groups excluding tert-OH is 1. The van der Waals surface area contributed by atoms with Crippen LogP contribution in [0.15, 0.2) is 0 Å². The van der Waals surface area contributed by atoms with Gasteiger partial charge in [0.25, 0.3) is 6.43 Å². The van der Waals surface area contributed by atoms with E-state index in [-0.39, 0.29) is 6.54 Å². The molecule has 2 N–H and O–H groups in total. The molecule has 0 amide bonds. The van der Waals surface area contributed by atoms with Gasteiger partial charge in [0.1, 0.15) is 0 Å². The Bertz CT molecular complexity index is 318. The predicted molar refractivity (Wildman–Crippen MR) is 59.5 cm³/mol. The van der Waals surface area contributed by atoms with E-state index in [9.17, 15) is 17.2 Å². The molecule has 0 atom stereocenters. The molecule has 1 heterocycles. The minimum atomic E-state index is -3.73. The van der Waals surface area contributed by atoms with Gasteiger partial charge in [-0.1, -0.05) is 0 Å². The van der Waals surface area contributed by atoms with Gasteiger partial charge in [0, 0.05) is 6.54 Å². The van der Waals surface area contributed by atoms with E-state index in [4.69, 9.17) is 5.11 Å². The Morgan fingerprint density at radius 2 is 1.94 bits per heavy atom. The van der Waals surface area contributed by atoms with Gasteiger partial charge in [0.15, 0.2) is 0 Å². The van der Waals surface area contributed by atoms with Gasteiger partial charge in [-0.2, -0.15) is 4.31 Å². The van der Waals surface area contributed by atoms with Crippen LogP contribution in [0.3, 0.4) is 0 Å². The maximum atomic E-state index is 12.3. The first-order valence-corrected chi connectivity index (χ1v) is 7.07. The van der Waals surface area contributed by atoms with Crippen LogP contribution in [0.4, 0.5) is 8.78 Å². The van der Waals surface area contributed by atoms with Gasteiger partial charge in [-0.05, 0) is 25.9 Å². The van der Waals surface area contributed by atoms with Crippen molar-refractivity contribution in [2.45, 2.75) is 24.5 Å². The Morgan fingerprint density at radius 1 is 1.35 bits per heavy atom. The Labute approximate surface area is 99.8 Å². The van der Waals surface area contributed by atoms with Crippen LogP contribution < -0.4 is 5.32 Å². The Morgan fingerprint density at radius 3 is 2.41 bits per heavy atom. The van der Waals surface area contributed by atoms with Crippen molar-refractivity contribution in [3.05, 3.63) is 0 Å². The average molecular weight is 272 g/mol. The molecule has 1 saturated heterocycles. The number of sulfonamides is 1. The van der Waals surface area contributed by atoms with Crippen LogP contribution in [0.5, 0.6) is 0 Å². The molecule has 0 bridgehead atoms. The van der Waals surface area contributed by atoms with Crippen LogP contribution in [0.1, 0.15) is 12.8 Å².